The number of unbranched alkanes of at least 4 members (excludes halogenated alkanes) is 1. The highest BCUT2D eigenvalue weighted by Gasteiger charge is 2.27. The lowest BCUT2D eigenvalue weighted by Gasteiger charge is -2.28. The fraction of sp³-hybridized carbons (Fsp3) is 0.696. The van der Waals surface area contributed by atoms with Crippen LogP contribution < -0.4 is 5.32 Å². The first-order valence-electron chi connectivity index (χ1n) is 11.3. The molecule has 5 nitrogen and oxygen atoms in total. The van der Waals surface area contributed by atoms with Gasteiger partial charge in [0.05, 0.1) is 5.75 Å². The number of amides is 1. The van der Waals surface area contributed by atoms with Gasteiger partial charge >= 0.3 is 0 Å². The molecule has 0 unspecified atom stereocenters. The van der Waals surface area contributed by atoms with E-state index in [1.54, 1.807) is 4.31 Å². The monoisotopic (exact) mass is 420 g/mol. The molecule has 1 saturated carbocycles. The Morgan fingerprint density at radius 2 is 1.83 bits per heavy atom. The van der Waals surface area contributed by atoms with Crippen molar-refractivity contribution in [1.82, 2.24) is 9.62 Å². The van der Waals surface area contributed by atoms with Gasteiger partial charge in [-0.2, -0.15) is 4.31 Å². The summed E-state index contributed by atoms with van der Waals surface area (Å²) in [5, 5.41) is 2.98. The summed E-state index contributed by atoms with van der Waals surface area (Å²) >= 11 is 0. The molecule has 1 fully saturated rings. The van der Waals surface area contributed by atoms with Gasteiger partial charge in [0.15, 0.2) is 0 Å². The van der Waals surface area contributed by atoms with Gasteiger partial charge in [-0.3, -0.25) is 4.79 Å². The number of carbonyl (C=O) groups excluding carboxylic acids is 1. The van der Waals surface area contributed by atoms with E-state index in [2.05, 4.69) is 18.3 Å². The molecule has 1 amide bonds. The lowest BCUT2D eigenvalue weighted by atomic mass is 9.79. The van der Waals surface area contributed by atoms with Gasteiger partial charge < -0.3 is 5.32 Å². The van der Waals surface area contributed by atoms with Gasteiger partial charge in [-0.25, -0.2) is 8.42 Å². The van der Waals surface area contributed by atoms with Crippen molar-refractivity contribution in [3.63, 3.8) is 0 Å². The number of nitrogens with one attached hydrogen (secondary N) is 1. The normalized spacial score (nSPS) is 22.8. The van der Waals surface area contributed by atoms with Crippen LogP contribution in [0.3, 0.4) is 0 Å². The van der Waals surface area contributed by atoms with Crippen molar-refractivity contribution in [2.24, 2.45) is 11.8 Å². The Hall–Kier alpha value is -1.40. The zero-order valence-electron chi connectivity index (χ0n) is 17.7. The standard InChI is InChI=1S/C23H36N2O3S/c1-2-3-7-19-10-12-21(13-11-19)23(26)24-15-6-17-29(27,28)25-16-14-20-8-4-5-9-22(20)18-25/h4-5,8-9,19,21H,2-3,6-7,10-18H2,1H3,(H,24,26). The molecule has 0 spiro atoms. The van der Waals surface area contributed by atoms with Crippen LogP contribution in [0, 0.1) is 11.8 Å². The number of hydrogen-bond acceptors (Lipinski definition) is 3. The van der Waals surface area contributed by atoms with Crippen LogP contribution >= 0.6 is 0 Å². The van der Waals surface area contributed by atoms with Crippen LogP contribution in [-0.2, 0) is 27.8 Å². The number of carbonyl (C=O) groups is 1. The highest BCUT2D eigenvalue weighted by atomic mass is 32.2. The molecule has 1 heterocycles. The van der Waals surface area contributed by atoms with E-state index in [0.29, 0.717) is 26.1 Å². The molecule has 6 heteroatoms. The largest absolute Gasteiger partial charge is 0.356 e. The maximum Gasteiger partial charge on any atom is 0.223 e. The van der Waals surface area contributed by atoms with Crippen LogP contribution in [0.25, 0.3) is 0 Å². The minimum absolute atomic E-state index is 0.0964. The number of benzene rings is 1. The Morgan fingerprint density at radius 3 is 2.55 bits per heavy atom. The molecular formula is C23H36N2O3S. The highest BCUT2D eigenvalue weighted by molar-refractivity contribution is 7.89. The van der Waals surface area contributed by atoms with Crippen molar-refractivity contribution in [1.29, 1.82) is 0 Å². The van der Waals surface area contributed by atoms with Gasteiger partial charge in [0.2, 0.25) is 15.9 Å². The Kier molecular flexibility index (Phi) is 8.13. The van der Waals surface area contributed by atoms with E-state index >= 15 is 0 Å². The molecule has 1 aromatic carbocycles. The van der Waals surface area contributed by atoms with Gasteiger partial charge in [0.1, 0.15) is 0 Å². The summed E-state index contributed by atoms with van der Waals surface area (Å²) in [6.07, 6.45) is 9.34. The van der Waals surface area contributed by atoms with Crippen molar-refractivity contribution in [3.05, 3.63) is 35.4 Å². The molecule has 0 bridgehead atoms. The maximum absolute atomic E-state index is 12.7. The molecule has 0 atom stereocenters. The minimum Gasteiger partial charge on any atom is -0.356 e. The number of hydrogen-bond donors (Lipinski definition) is 1. The quantitative estimate of drug-likeness (QED) is 0.617. The number of sulfonamides is 1. The van der Waals surface area contributed by atoms with E-state index in [0.717, 1.165) is 43.6 Å². The molecule has 0 aromatic heterocycles. The minimum atomic E-state index is -3.28. The van der Waals surface area contributed by atoms with Crippen LogP contribution in [0.5, 0.6) is 0 Å². The first-order chi connectivity index (χ1) is 14.0. The van der Waals surface area contributed by atoms with Crippen LogP contribution in [0.2, 0.25) is 0 Å². The van der Waals surface area contributed by atoms with Crippen molar-refractivity contribution in [3.8, 4) is 0 Å². The summed E-state index contributed by atoms with van der Waals surface area (Å²) < 4.78 is 26.9. The van der Waals surface area contributed by atoms with Gasteiger partial charge in [-0.1, -0.05) is 50.5 Å². The summed E-state index contributed by atoms with van der Waals surface area (Å²) in [5.74, 6) is 1.12. The fourth-order valence-corrected chi connectivity index (χ4v) is 6.13. The third kappa shape index (κ3) is 6.29. The molecule has 0 radical (unpaired) electrons. The molecule has 1 N–H and O–H groups in total. The summed E-state index contributed by atoms with van der Waals surface area (Å²) in [6, 6.07) is 8.05. The lowest BCUT2D eigenvalue weighted by molar-refractivity contribution is -0.126. The summed E-state index contributed by atoms with van der Waals surface area (Å²) in [5.41, 5.74) is 2.35. The second-order valence-electron chi connectivity index (χ2n) is 8.67. The summed E-state index contributed by atoms with van der Waals surface area (Å²) in [7, 11) is -3.28. The highest BCUT2D eigenvalue weighted by Crippen LogP contribution is 2.32. The Bertz CT molecular complexity index is 770. The number of fused-ring (bicyclic) bond motifs is 1. The predicted octanol–water partition coefficient (Wildman–Crippen LogP) is 3.88. The lowest BCUT2D eigenvalue weighted by Crippen LogP contribution is -2.38. The predicted molar refractivity (Wildman–Crippen MR) is 117 cm³/mol. The second kappa shape index (κ2) is 10.6. The van der Waals surface area contributed by atoms with E-state index in [9.17, 15) is 13.2 Å². The molecule has 3 rings (SSSR count). The fourth-order valence-electron chi connectivity index (χ4n) is 4.65. The van der Waals surface area contributed by atoms with E-state index in [-0.39, 0.29) is 17.6 Å². The molecule has 0 saturated heterocycles. The zero-order valence-corrected chi connectivity index (χ0v) is 18.6. The molecule has 1 aliphatic heterocycles. The Labute approximate surface area is 176 Å². The topological polar surface area (TPSA) is 66.5 Å². The number of nitrogens with zero attached hydrogens (tertiary/aromatic N) is 1. The van der Waals surface area contributed by atoms with E-state index < -0.39 is 10.0 Å². The molecule has 162 valence electrons. The molecule has 1 aliphatic carbocycles. The summed E-state index contributed by atoms with van der Waals surface area (Å²) in [6.45, 7) is 3.68. The SMILES string of the molecule is CCCCC1CCC(C(=O)NCCCS(=O)(=O)N2CCc3ccccc3C2)CC1. The van der Waals surface area contributed by atoms with E-state index in [1.165, 1.54) is 24.8 Å². The van der Waals surface area contributed by atoms with Gasteiger partial charge in [0, 0.05) is 25.6 Å². The average molecular weight is 421 g/mol. The smallest absolute Gasteiger partial charge is 0.223 e. The Morgan fingerprint density at radius 1 is 1.10 bits per heavy atom. The third-order valence-electron chi connectivity index (χ3n) is 6.55. The van der Waals surface area contributed by atoms with Crippen molar-refractivity contribution in [2.45, 2.75) is 71.3 Å². The van der Waals surface area contributed by atoms with Crippen LogP contribution in [0.1, 0.15) is 69.4 Å². The first kappa shape index (κ1) is 22.3. The van der Waals surface area contributed by atoms with Crippen LogP contribution in [0.15, 0.2) is 24.3 Å². The Balaban J connectivity index is 1.36. The zero-order chi connectivity index (χ0) is 20.7. The molecule has 2 aliphatic rings. The molecule has 29 heavy (non-hydrogen) atoms. The summed E-state index contributed by atoms with van der Waals surface area (Å²) in [4.78, 5) is 12.4. The van der Waals surface area contributed by atoms with Gasteiger partial charge in [-0.05, 0) is 55.6 Å². The van der Waals surface area contributed by atoms with E-state index in [1.807, 2.05) is 18.2 Å². The van der Waals surface area contributed by atoms with E-state index in [4.69, 9.17) is 0 Å². The molecule has 1 aromatic rings. The van der Waals surface area contributed by atoms with Crippen molar-refractivity contribution >= 4 is 15.9 Å². The van der Waals surface area contributed by atoms with Crippen LogP contribution in [0.4, 0.5) is 0 Å². The van der Waals surface area contributed by atoms with Gasteiger partial charge in [0.25, 0.3) is 0 Å². The second-order valence-corrected chi connectivity index (χ2v) is 10.8. The average Bonchev–Trinajstić information content (AvgIpc) is 2.75. The van der Waals surface area contributed by atoms with Crippen molar-refractivity contribution < 1.29 is 13.2 Å². The van der Waals surface area contributed by atoms with Crippen LogP contribution in [-0.4, -0.2) is 37.5 Å². The first-order valence-corrected chi connectivity index (χ1v) is 12.9. The maximum atomic E-state index is 12.7. The molecular weight excluding hydrogens is 384 g/mol. The third-order valence-corrected chi connectivity index (χ3v) is 8.45. The van der Waals surface area contributed by atoms with Gasteiger partial charge in [-0.15, -0.1) is 0 Å². The van der Waals surface area contributed by atoms with Crippen molar-refractivity contribution in [2.75, 3.05) is 18.8 Å². The number of rotatable bonds is 9.